The zero-order valence-electron chi connectivity index (χ0n) is 23.2. The van der Waals surface area contributed by atoms with Gasteiger partial charge in [0.25, 0.3) is 0 Å². The van der Waals surface area contributed by atoms with E-state index in [2.05, 4.69) is 141 Å². The quantitative estimate of drug-likeness (QED) is 0.219. The largest absolute Gasteiger partial charge is 0.494 e. The molecule has 1 aliphatic heterocycles. The Hall–Kier alpha value is -4.12. The summed E-state index contributed by atoms with van der Waals surface area (Å²) in [6.07, 6.45) is 0. The molecule has 0 atom stereocenters. The van der Waals surface area contributed by atoms with Crippen molar-refractivity contribution >= 4 is 50.7 Å². The van der Waals surface area contributed by atoms with E-state index in [0.29, 0.717) is 0 Å². The molecule has 7 aromatic rings. The smallest absolute Gasteiger partial charge is 0.399 e. The minimum atomic E-state index is -0.395. The number of nitrogens with zero attached hydrogens (tertiary/aromatic N) is 1. The minimum absolute atomic E-state index is 0.380. The first-order valence-electron chi connectivity index (χ1n) is 14.0. The molecular weight excluding hydrogens is 489 g/mol. The molecule has 194 valence electrons. The predicted molar refractivity (Wildman–Crippen MR) is 168 cm³/mol. The van der Waals surface area contributed by atoms with Crippen molar-refractivity contribution in [2.45, 2.75) is 38.9 Å². The van der Waals surface area contributed by atoms with E-state index in [4.69, 9.17) is 9.31 Å². The van der Waals surface area contributed by atoms with Crippen LogP contribution in [0.25, 0.3) is 60.3 Å². The predicted octanol–water partition coefficient (Wildman–Crippen LogP) is 8.47. The van der Waals surface area contributed by atoms with Gasteiger partial charge in [0, 0.05) is 21.5 Å². The highest BCUT2D eigenvalue weighted by Gasteiger charge is 2.51. The van der Waals surface area contributed by atoms with Gasteiger partial charge in [-0.3, -0.25) is 0 Å². The van der Waals surface area contributed by atoms with Crippen LogP contribution < -0.4 is 5.46 Å². The second kappa shape index (κ2) is 8.20. The van der Waals surface area contributed by atoms with Crippen molar-refractivity contribution in [1.82, 2.24) is 4.40 Å². The molecule has 0 unspecified atom stereocenters. The summed E-state index contributed by atoms with van der Waals surface area (Å²) in [6.45, 7) is 8.42. The normalized spacial score (nSPS) is 16.6. The van der Waals surface area contributed by atoms with Gasteiger partial charge in [-0.05, 0) is 85.7 Å². The summed E-state index contributed by atoms with van der Waals surface area (Å²) in [5.41, 5.74) is 8.89. The average molecular weight is 519 g/mol. The van der Waals surface area contributed by atoms with E-state index in [1.165, 1.54) is 60.3 Å². The van der Waals surface area contributed by atoms with Gasteiger partial charge in [0.05, 0.1) is 27.8 Å². The Morgan fingerprint density at radius 1 is 0.500 bits per heavy atom. The maximum atomic E-state index is 6.43. The molecule has 40 heavy (non-hydrogen) atoms. The topological polar surface area (TPSA) is 22.9 Å². The molecular formula is C36H30BNO2. The van der Waals surface area contributed by atoms with E-state index < -0.39 is 7.12 Å². The van der Waals surface area contributed by atoms with Crippen molar-refractivity contribution in [3.8, 4) is 22.3 Å². The Balaban J connectivity index is 1.42. The monoisotopic (exact) mass is 519 g/mol. The standard InChI is InChI=1S/C36H30BNO2/c1-35(2)36(3,4)40-37(39-35)27-16-18-33-29(22-27)31-21-26(24-13-9-6-10-14-24)20-30-28-19-25(23-11-7-5-8-12-23)15-17-32(28)38(33)34(30)31/h5-22H,1-4H3. The molecule has 1 saturated heterocycles. The number of rotatable bonds is 3. The van der Waals surface area contributed by atoms with Crippen molar-refractivity contribution in [3.05, 3.63) is 109 Å². The Morgan fingerprint density at radius 3 is 1.60 bits per heavy atom. The van der Waals surface area contributed by atoms with E-state index in [9.17, 15) is 0 Å². The molecule has 4 heteroatoms. The molecule has 3 nitrogen and oxygen atoms in total. The van der Waals surface area contributed by atoms with Crippen molar-refractivity contribution in [3.63, 3.8) is 0 Å². The zero-order chi connectivity index (χ0) is 27.2. The first kappa shape index (κ1) is 23.7. The lowest BCUT2D eigenvalue weighted by atomic mass is 9.78. The van der Waals surface area contributed by atoms with Gasteiger partial charge < -0.3 is 13.7 Å². The maximum Gasteiger partial charge on any atom is 0.494 e. The summed E-state index contributed by atoms with van der Waals surface area (Å²) in [7, 11) is -0.395. The zero-order valence-corrected chi connectivity index (χ0v) is 23.2. The van der Waals surface area contributed by atoms with Crippen LogP contribution >= 0.6 is 0 Å². The molecule has 0 amide bonds. The Labute approximate surface area is 234 Å². The van der Waals surface area contributed by atoms with Gasteiger partial charge in [0.15, 0.2) is 0 Å². The summed E-state index contributed by atoms with van der Waals surface area (Å²) in [6, 6.07) is 39.6. The SMILES string of the molecule is CC1(C)OB(c2ccc3c(c2)c2cc(-c4ccccc4)cc4c5cc(-c6ccccc6)ccc5n3c24)OC1(C)C. The van der Waals surface area contributed by atoms with Crippen LogP contribution in [0.3, 0.4) is 0 Å². The molecule has 0 saturated carbocycles. The van der Waals surface area contributed by atoms with E-state index >= 15 is 0 Å². The lowest BCUT2D eigenvalue weighted by Gasteiger charge is -2.32. The van der Waals surface area contributed by atoms with Gasteiger partial charge in [-0.1, -0.05) is 78.9 Å². The summed E-state index contributed by atoms with van der Waals surface area (Å²) in [5.74, 6) is 0. The van der Waals surface area contributed by atoms with Gasteiger partial charge in [-0.25, -0.2) is 0 Å². The Morgan fingerprint density at radius 2 is 1.00 bits per heavy atom. The van der Waals surface area contributed by atoms with Gasteiger partial charge in [0.2, 0.25) is 0 Å². The lowest BCUT2D eigenvalue weighted by molar-refractivity contribution is 0.00578. The summed E-state index contributed by atoms with van der Waals surface area (Å²) < 4.78 is 15.3. The van der Waals surface area contributed by atoms with Crippen molar-refractivity contribution in [2.75, 3.05) is 0 Å². The molecule has 1 fully saturated rings. The van der Waals surface area contributed by atoms with E-state index in [1.54, 1.807) is 0 Å². The number of hydrogen-bond acceptors (Lipinski definition) is 2. The number of aromatic nitrogens is 1. The molecule has 0 N–H and O–H groups in total. The number of fused-ring (bicyclic) bond motifs is 6. The van der Waals surface area contributed by atoms with Crippen LogP contribution in [-0.4, -0.2) is 22.7 Å². The Kier molecular flexibility index (Phi) is 4.87. The summed E-state index contributed by atoms with van der Waals surface area (Å²) in [4.78, 5) is 0. The Bertz CT molecular complexity index is 2040. The first-order chi connectivity index (χ1) is 19.3. The van der Waals surface area contributed by atoms with E-state index in [1.807, 2.05) is 0 Å². The molecule has 0 aliphatic carbocycles. The lowest BCUT2D eigenvalue weighted by Crippen LogP contribution is -2.41. The van der Waals surface area contributed by atoms with Gasteiger partial charge in [-0.15, -0.1) is 0 Å². The van der Waals surface area contributed by atoms with Crippen LogP contribution in [0.5, 0.6) is 0 Å². The van der Waals surface area contributed by atoms with E-state index in [-0.39, 0.29) is 11.2 Å². The molecule has 0 bridgehead atoms. The fourth-order valence-corrected chi connectivity index (χ4v) is 6.30. The van der Waals surface area contributed by atoms with Gasteiger partial charge in [-0.2, -0.15) is 0 Å². The van der Waals surface area contributed by atoms with Crippen molar-refractivity contribution in [1.29, 1.82) is 0 Å². The molecule has 1 aliphatic rings. The minimum Gasteiger partial charge on any atom is -0.399 e. The third-order valence-electron chi connectivity index (χ3n) is 9.15. The highest BCUT2D eigenvalue weighted by atomic mass is 16.7. The molecule has 2 aromatic heterocycles. The second-order valence-corrected chi connectivity index (χ2v) is 12.1. The van der Waals surface area contributed by atoms with Crippen LogP contribution in [-0.2, 0) is 9.31 Å². The van der Waals surface area contributed by atoms with Crippen LogP contribution in [0.4, 0.5) is 0 Å². The summed E-state index contributed by atoms with van der Waals surface area (Å²) >= 11 is 0. The van der Waals surface area contributed by atoms with Gasteiger partial charge >= 0.3 is 7.12 Å². The van der Waals surface area contributed by atoms with Crippen LogP contribution in [0.2, 0.25) is 0 Å². The fourth-order valence-electron chi connectivity index (χ4n) is 6.30. The van der Waals surface area contributed by atoms with Crippen LogP contribution in [0, 0.1) is 0 Å². The van der Waals surface area contributed by atoms with Crippen molar-refractivity contribution in [2.24, 2.45) is 0 Å². The average Bonchev–Trinajstić information content (AvgIpc) is 3.55. The van der Waals surface area contributed by atoms with Crippen LogP contribution in [0.15, 0.2) is 109 Å². The molecule has 5 aromatic carbocycles. The molecule has 8 rings (SSSR count). The summed E-state index contributed by atoms with van der Waals surface area (Å²) in [5, 5.41) is 5.02. The molecule has 0 spiro atoms. The molecule has 3 heterocycles. The first-order valence-corrected chi connectivity index (χ1v) is 14.0. The highest BCUT2D eigenvalue weighted by molar-refractivity contribution is 6.62. The van der Waals surface area contributed by atoms with Crippen LogP contribution in [0.1, 0.15) is 27.7 Å². The fraction of sp³-hybridized carbons (Fsp3) is 0.167. The highest BCUT2D eigenvalue weighted by Crippen LogP contribution is 2.43. The second-order valence-electron chi connectivity index (χ2n) is 12.1. The van der Waals surface area contributed by atoms with E-state index in [0.717, 1.165) is 5.46 Å². The van der Waals surface area contributed by atoms with Gasteiger partial charge in [0.1, 0.15) is 0 Å². The third kappa shape index (κ3) is 3.33. The number of benzene rings is 5. The molecule has 0 radical (unpaired) electrons. The third-order valence-corrected chi connectivity index (χ3v) is 9.15. The maximum absolute atomic E-state index is 6.43. The van der Waals surface area contributed by atoms with Crippen molar-refractivity contribution < 1.29 is 9.31 Å². The number of hydrogen-bond donors (Lipinski definition) is 0.